The molecule has 1 aliphatic carbocycles. The van der Waals surface area contributed by atoms with Crippen molar-refractivity contribution in [1.82, 2.24) is 4.98 Å². The summed E-state index contributed by atoms with van der Waals surface area (Å²) in [5.41, 5.74) is 7.54. The number of nitrogens with two attached hydrogens (primary N) is 1. The summed E-state index contributed by atoms with van der Waals surface area (Å²) >= 11 is 3.40. The van der Waals surface area contributed by atoms with Gasteiger partial charge < -0.3 is 10.7 Å². The maximum Gasteiger partial charge on any atom is 0.392 e. The first-order chi connectivity index (χ1) is 9.79. The van der Waals surface area contributed by atoms with E-state index in [9.17, 15) is 18.0 Å². The van der Waals surface area contributed by atoms with Gasteiger partial charge in [0, 0.05) is 15.6 Å². The lowest BCUT2D eigenvalue weighted by Crippen LogP contribution is -2.28. The largest absolute Gasteiger partial charge is 0.392 e. The lowest BCUT2D eigenvalue weighted by molar-refractivity contribution is -0.177. The molecule has 1 aliphatic rings. The number of carbonyl (C=O) groups excluding carboxylic acids is 1. The summed E-state index contributed by atoms with van der Waals surface area (Å²) in [7, 11) is 0. The number of H-pyrrole nitrogens is 1. The fourth-order valence-electron chi connectivity index (χ4n) is 2.98. The van der Waals surface area contributed by atoms with Crippen molar-refractivity contribution in [2.45, 2.75) is 25.4 Å². The highest BCUT2D eigenvalue weighted by Gasteiger charge is 2.42. The molecule has 1 atom stereocenters. The van der Waals surface area contributed by atoms with Crippen molar-refractivity contribution in [3.8, 4) is 0 Å². The third-order valence-corrected chi connectivity index (χ3v) is 4.68. The minimum atomic E-state index is -4.20. The molecule has 3 N–H and O–H groups in total. The van der Waals surface area contributed by atoms with E-state index in [0.717, 1.165) is 15.4 Å². The molecule has 3 nitrogen and oxygen atoms in total. The molecule has 1 amide bonds. The third-order valence-electron chi connectivity index (χ3n) is 4.02. The summed E-state index contributed by atoms with van der Waals surface area (Å²) in [6.07, 6.45) is -3.88. The normalized spacial score (nSPS) is 18.8. The molecule has 3 rings (SSSR count). The molecule has 1 unspecified atom stereocenters. The Morgan fingerprint density at radius 2 is 2.10 bits per heavy atom. The number of aryl methyl sites for hydroxylation is 1. The number of hydrogen-bond acceptors (Lipinski definition) is 1. The van der Waals surface area contributed by atoms with Gasteiger partial charge in [-0.25, -0.2) is 0 Å². The van der Waals surface area contributed by atoms with Gasteiger partial charge in [0.15, 0.2) is 0 Å². The lowest BCUT2D eigenvalue weighted by Gasteiger charge is -2.24. The van der Waals surface area contributed by atoms with E-state index in [2.05, 4.69) is 20.9 Å². The minimum Gasteiger partial charge on any atom is -0.366 e. The van der Waals surface area contributed by atoms with Crippen LogP contribution in [0, 0.1) is 5.92 Å². The SMILES string of the molecule is NC(=O)c1ccc(Br)c2c3c([nH]c12)CC(C(F)(F)F)CC3. The molecule has 112 valence electrons. The smallest absolute Gasteiger partial charge is 0.366 e. The first kappa shape index (κ1) is 14.4. The zero-order valence-corrected chi connectivity index (χ0v) is 12.4. The number of nitrogens with one attached hydrogen (secondary N) is 1. The summed E-state index contributed by atoms with van der Waals surface area (Å²) in [4.78, 5) is 14.4. The predicted octanol–water partition coefficient (Wildman–Crippen LogP) is 3.70. The second-order valence-electron chi connectivity index (χ2n) is 5.27. The van der Waals surface area contributed by atoms with Gasteiger partial charge in [-0.1, -0.05) is 15.9 Å². The van der Waals surface area contributed by atoms with E-state index in [1.54, 1.807) is 12.1 Å². The molecule has 0 bridgehead atoms. The number of hydrogen-bond donors (Lipinski definition) is 2. The van der Waals surface area contributed by atoms with Crippen LogP contribution in [0.3, 0.4) is 0 Å². The molecule has 0 spiro atoms. The molecule has 1 aromatic carbocycles. The zero-order chi connectivity index (χ0) is 15.4. The molecule has 2 aromatic rings. The van der Waals surface area contributed by atoms with E-state index in [1.165, 1.54) is 0 Å². The van der Waals surface area contributed by atoms with Gasteiger partial charge in [-0.2, -0.15) is 13.2 Å². The van der Waals surface area contributed by atoms with Crippen LogP contribution in [0.5, 0.6) is 0 Å². The Morgan fingerprint density at radius 1 is 1.38 bits per heavy atom. The van der Waals surface area contributed by atoms with Crippen LogP contribution < -0.4 is 5.73 Å². The number of carbonyl (C=O) groups is 1. The molecule has 0 radical (unpaired) electrons. The first-order valence-electron chi connectivity index (χ1n) is 6.47. The lowest BCUT2D eigenvalue weighted by atomic mass is 9.86. The maximum absolute atomic E-state index is 12.9. The highest BCUT2D eigenvalue weighted by molar-refractivity contribution is 9.10. The number of primary amides is 1. The van der Waals surface area contributed by atoms with Crippen LogP contribution in [-0.2, 0) is 12.8 Å². The van der Waals surface area contributed by atoms with Crippen LogP contribution in [0.2, 0.25) is 0 Å². The van der Waals surface area contributed by atoms with E-state index in [1.807, 2.05) is 0 Å². The van der Waals surface area contributed by atoms with E-state index in [-0.39, 0.29) is 12.8 Å². The van der Waals surface area contributed by atoms with Crippen LogP contribution in [0.15, 0.2) is 16.6 Å². The van der Waals surface area contributed by atoms with Crippen LogP contribution in [0.4, 0.5) is 13.2 Å². The number of aromatic nitrogens is 1. The highest BCUT2D eigenvalue weighted by Crippen LogP contribution is 2.41. The van der Waals surface area contributed by atoms with Crippen LogP contribution in [0.1, 0.15) is 28.0 Å². The fourth-order valence-corrected chi connectivity index (χ4v) is 3.55. The van der Waals surface area contributed by atoms with Crippen molar-refractivity contribution in [2.24, 2.45) is 11.7 Å². The Hall–Kier alpha value is -1.50. The third kappa shape index (κ3) is 2.33. The molecule has 0 saturated heterocycles. The molecule has 1 heterocycles. The number of amides is 1. The van der Waals surface area contributed by atoms with Gasteiger partial charge in [0.25, 0.3) is 5.91 Å². The van der Waals surface area contributed by atoms with Gasteiger partial charge in [-0.05, 0) is 37.0 Å². The van der Waals surface area contributed by atoms with Gasteiger partial charge in [-0.15, -0.1) is 0 Å². The number of aromatic amines is 1. The summed E-state index contributed by atoms with van der Waals surface area (Å²) in [5, 5.41) is 0.766. The van der Waals surface area contributed by atoms with Crippen LogP contribution in [0.25, 0.3) is 10.9 Å². The van der Waals surface area contributed by atoms with Gasteiger partial charge >= 0.3 is 6.18 Å². The Balaban J connectivity index is 2.17. The molecule has 1 aromatic heterocycles. The van der Waals surface area contributed by atoms with E-state index < -0.39 is 18.0 Å². The van der Waals surface area contributed by atoms with Crippen molar-refractivity contribution in [2.75, 3.05) is 0 Å². The summed E-state index contributed by atoms with van der Waals surface area (Å²) in [6.45, 7) is 0. The fraction of sp³-hybridized carbons (Fsp3) is 0.357. The Labute approximate surface area is 126 Å². The van der Waals surface area contributed by atoms with Crippen LogP contribution >= 0.6 is 15.9 Å². The molecular formula is C14H12BrF3N2O. The minimum absolute atomic E-state index is 0.0662. The van der Waals surface area contributed by atoms with Crippen molar-refractivity contribution >= 4 is 32.7 Å². The maximum atomic E-state index is 12.9. The van der Waals surface area contributed by atoms with Crippen molar-refractivity contribution < 1.29 is 18.0 Å². The standard InChI is InChI=1S/C14H12BrF3N2O/c15-9-4-3-8(13(19)21)12-11(9)7-2-1-6(14(16,17)18)5-10(7)20-12/h3-4,6,20H,1-2,5H2,(H2,19,21). The van der Waals surface area contributed by atoms with Crippen molar-refractivity contribution in [3.05, 3.63) is 33.4 Å². The van der Waals surface area contributed by atoms with Crippen molar-refractivity contribution in [3.63, 3.8) is 0 Å². The van der Waals surface area contributed by atoms with E-state index in [4.69, 9.17) is 5.73 Å². The molecular weight excluding hydrogens is 349 g/mol. The molecule has 0 saturated carbocycles. The second-order valence-corrected chi connectivity index (χ2v) is 6.13. The summed E-state index contributed by atoms with van der Waals surface area (Å²) in [6, 6.07) is 3.27. The average Bonchev–Trinajstić information content (AvgIpc) is 2.76. The highest BCUT2D eigenvalue weighted by atomic mass is 79.9. The van der Waals surface area contributed by atoms with Gasteiger partial charge in [0.2, 0.25) is 0 Å². The number of fused-ring (bicyclic) bond motifs is 3. The van der Waals surface area contributed by atoms with Crippen LogP contribution in [-0.4, -0.2) is 17.1 Å². The molecule has 21 heavy (non-hydrogen) atoms. The van der Waals surface area contributed by atoms with Crippen molar-refractivity contribution in [1.29, 1.82) is 0 Å². The second kappa shape index (κ2) is 4.76. The monoisotopic (exact) mass is 360 g/mol. The number of alkyl halides is 3. The first-order valence-corrected chi connectivity index (χ1v) is 7.26. The summed E-state index contributed by atoms with van der Waals surface area (Å²) in [5.74, 6) is -1.94. The molecule has 0 fully saturated rings. The van der Waals surface area contributed by atoms with Gasteiger partial charge in [-0.3, -0.25) is 4.79 Å². The zero-order valence-electron chi connectivity index (χ0n) is 10.9. The topological polar surface area (TPSA) is 58.9 Å². The van der Waals surface area contributed by atoms with Gasteiger partial charge in [0.1, 0.15) is 0 Å². The average molecular weight is 361 g/mol. The quantitative estimate of drug-likeness (QED) is 0.800. The van der Waals surface area contributed by atoms with E-state index >= 15 is 0 Å². The van der Waals surface area contributed by atoms with E-state index in [0.29, 0.717) is 23.2 Å². The Kier molecular flexibility index (Phi) is 3.27. The molecule has 0 aliphatic heterocycles. The summed E-state index contributed by atoms with van der Waals surface area (Å²) < 4.78 is 39.4. The predicted molar refractivity (Wildman–Crippen MR) is 76.1 cm³/mol. The number of benzene rings is 1. The Morgan fingerprint density at radius 3 is 2.71 bits per heavy atom. The van der Waals surface area contributed by atoms with Gasteiger partial charge in [0.05, 0.1) is 17.0 Å². The number of rotatable bonds is 1. The number of halogens is 4. The Bertz CT molecular complexity index is 736. The molecule has 7 heteroatoms.